The highest BCUT2D eigenvalue weighted by molar-refractivity contribution is 5.80. The predicted molar refractivity (Wildman–Crippen MR) is 98.0 cm³/mol. The minimum absolute atomic E-state index is 0.00561. The summed E-state index contributed by atoms with van der Waals surface area (Å²) in [7, 11) is 2.89. The summed E-state index contributed by atoms with van der Waals surface area (Å²) < 4.78 is 11.4. The zero-order valence-corrected chi connectivity index (χ0v) is 15.1. The van der Waals surface area contributed by atoms with E-state index in [9.17, 15) is 9.59 Å². The average molecular weight is 368 g/mol. The number of benzene rings is 2. The van der Waals surface area contributed by atoms with Gasteiger partial charge in [-0.25, -0.2) is 4.68 Å². The summed E-state index contributed by atoms with van der Waals surface area (Å²) in [6, 6.07) is 14.0. The summed E-state index contributed by atoms with van der Waals surface area (Å²) in [5.74, 6) is -0.00585. The van der Waals surface area contributed by atoms with E-state index in [0.29, 0.717) is 11.3 Å². The van der Waals surface area contributed by atoms with E-state index in [0.717, 1.165) is 11.1 Å². The Morgan fingerprint density at radius 3 is 2.56 bits per heavy atom. The van der Waals surface area contributed by atoms with E-state index in [-0.39, 0.29) is 18.9 Å². The van der Waals surface area contributed by atoms with E-state index < -0.39 is 12.0 Å². The van der Waals surface area contributed by atoms with E-state index in [1.54, 1.807) is 31.4 Å². The van der Waals surface area contributed by atoms with Crippen LogP contribution in [0.15, 0.2) is 48.5 Å². The van der Waals surface area contributed by atoms with Gasteiger partial charge in [-0.1, -0.05) is 29.5 Å². The van der Waals surface area contributed by atoms with E-state index in [1.807, 2.05) is 24.3 Å². The maximum absolute atomic E-state index is 12.6. The maximum Gasteiger partial charge on any atom is 0.307 e. The molecule has 0 radical (unpaired) electrons. The van der Waals surface area contributed by atoms with Crippen molar-refractivity contribution >= 4 is 22.9 Å². The zero-order valence-electron chi connectivity index (χ0n) is 15.1. The van der Waals surface area contributed by atoms with E-state index in [1.165, 1.54) is 11.8 Å². The molecule has 3 aromatic rings. The lowest BCUT2D eigenvalue weighted by Crippen LogP contribution is -2.33. The summed E-state index contributed by atoms with van der Waals surface area (Å²) in [4.78, 5) is 24.3. The van der Waals surface area contributed by atoms with Gasteiger partial charge in [-0.2, -0.15) is 0 Å². The molecule has 1 N–H and O–H groups in total. The summed E-state index contributed by atoms with van der Waals surface area (Å²) in [6.07, 6.45) is 0.0205. The molecule has 0 fully saturated rings. The number of carbonyl (C=O) groups excluding carboxylic acids is 2. The number of rotatable bonds is 7. The fraction of sp³-hybridized carbons (Fsp3) is 0.263. The molecule has 0 aliphatic carbocycles. The van der Waals surface area contributed by atoms with Crippen LogP contribution in [0.1, 0.15) is 18.0 Å². The Morgan fingerprint density at radius 2 is 1.85 bits per heavy atom. The van der Waals surface area contributed by atoms with Crippen LogP contribution in [-0.4, -0.2) is 41.1 Å². The van der Waals surface area contributed by atoms with Crippen molar-refractivity contribution in [2.45, 2.75) is 19.0 Å². The van der Waals surface area contributed by atoms with Crippen molar-refractivity contribution in [2.24, 2.45) is 0 Å². The Labute approximate surface area is 156 Å². The molecule has 1 amide bonds. The standard InChI is InChI=1S/C19H20N4O4/c1-26-14-9-7-13(8-10-14)16(11-19(25)27-2)20-18(24)12-23-17-6-4-3-5-15(17)21-22-23/h3-10,16H,11-12H2,1-2H3,(H,20,24). The van der Waals surface area contributed by atoms with Crippen molar-refractivity contribution in [1.29, 1.82) is 0 Å². The highest BCUT2D eigenvalue weighted by Gasteiger charge is 2.20. The first kappa shape index (κ1) is 18.4. The molecule has 140 valence electrons. The topological polar surface area (TPSA) is 95.3 Å². The van der Waals surface area contributed by atoms with Gasteiger partial charge in [0.05, 0.1) is 32.2 Å². The molecule has 8 heteroatoms. The van der Waals surface area contributed by atoms with Gasteiger partial charge in [-0.15, -0.1) is 5.10 Å². The highest BCUT2D eigenvalue weighted by Crippen LogP contribution is 2.21. The highest BCUT2D eigenvalue weighted by atomic mass is 16.5. The van der Waals surface area contributed by atoms with Crippen molar-refractivity contribution in [2.75, 3.05) is 14.2 Å². The number of esters is 1. The van der Waals surface area contributed by atoms with Crippen LogP contribution in [0.25, 0.3) is 11.0 Å². The Balaban J connectivity index is 1.75. The molecule has 3 rings (SSSR count). The van der Waals surface area contributed by atoms with Crippen LogP contribution in [-0.2, 0) is 20.9 Å². The second kappa shape index (κ2) is 8.31. The molecule has 8 nitrogen and oxygen atoms in total. The Bertz CT molecular complexity index is 936. The number of carbonyl (C=O) groups is 2. The lowest BCUT2D eigenvalue weighted by atomic mass is 10.0. The lowest BCUT2D eigenvalue weighted by molar-refractivity contribution is -0.141. The van der Waals surface area contributed by atoms with E-state index in [4.69, 9.17) is 9.47 Å². The van der Waals surface area contributed by atoms with Gasteiger partial charge in [-0.05, 0) is 29.8 Å². The molecule has 0 aliphatic rings. The number of nitrogens with one attached hydrogen (secondary N) is 1. The van der Waals surface area contributed by atoms with Gasteiger partial charge < -0.3 is 14.8 Å². The lowest BCUT2D eigenvalue weighted by Gasteiger charge is -2.18. The molecule has 1 aromatic heterocycles. The van der Waals surface area contributed by atoms with Crippen LogP contribution in [0.4, 0.5) is 0 Å². The Morgan fingerprint density at radius 1 is 1.11 bits per heavy atom. The van der Waals surface area contributed by atoms with Gasteiger partial charge in [0.15, 0.2) is 0 Å². The van der Waals surface area contributed by atoms with Gasteiger partial charge in [0.1, 0.15) is 17.8 Å². The fourth-order valence-corrected chi connectivity index (χ4v) is 2.75. The minimum Gasteiger partial charge on any atom is -0.497 e. The monoisotopic (exact) mass is 368 g/mol. The van der Waals surface area contributed by atoms with Gasteiger partial charge in [0.2, 0.25) is 5.91 Å². The van der Waals surface area contributed by atoms with Gasteiger partial charge >= 0.3 is 5.97 Å². The minimum atomic E-state index is -0.523. The van der Waals surface area contributed by atoms with Crippen LogP contribution >= 0.6 is 0 Å². The maximum atomic E-state index is 12.6. The predicted octanol–water partition coefficient (Wildman–Crippen LogP) is 1.86. The number of nitrogens with zero attached hydrogens (tertiary/aromatic N) is 3. The number of aromatic nitrogens is 3. The second-order valence-electron chi connectivity index (χ2n) is 5.91. The molecular formula is C19H20N4O4. The van der Waals surface area contributed by atoms with Crippen LogP contribution < -0.4 is 10.1 Å². The second-order valence-corrected chi connectivity index (χ2v) is 5.91. The van der Waals surface area contributed by atoms with Crippen molar-refractivity contribution in [3.8, 4) is 5.75 Å². The third-order valence-corrected chi connectivity index (χ3v) is 4.17. The molecule has 2 aromatic carbocycles. The zero-order chi connectivity index (χ0) is 19.2. The van der Waals surface area contributed by atoms with Crippen molar-refractivity contribution < 1.29 is 19.1 Å². The quantitative estimate of drug-likeness (QED) is 0.640. The molecule has 27 heavy (non-hydrogen) atoms. The van der Waals surface area contributed by atoms with Gasteiger partial charge in [0.25, 0.3) is 0 Å². The third kappa shape index (κ3) is 4.41. The number of hydrogen-bond acceptors (Lipinski definition) is 6. The molecular weight excluding hydrogens is 348 g/mol. The van der Waals surface area contributed by atoms with Gasteiger partial charge in [-0.3, -0.25) is 9.59 Å². The Hall–Kier alpha value is -3.42. The van der Waals surface area contributed by atoms with Crippen LogP contribution in [0.2, 0.25) is 0 Å². The van der Waals surface area contributed by atoms with Crippen LogP contribution in [0.3, 0.4) is 0 Å². The van der Waals surface area contributed by atoms with Crippen LogP contribution in [0.5, 0.6) is 5.75 Å². The molecule has 0 spiro atoms. The fourth-order valence-electron chi connectivity index (χ4n) is 2.75. The van der Waals surface area contributed by atoms with Crippen molar-refractivity contribution in [3.05, 3.63) is 54.1 Å². The molecule has 0 saturated heterocycles. The normalized spacial score (nSPS) is 11.8. The largest absolute Gasteiger partial charge is 0.497 e. The first-order valence-electron chi connectivity index (χ1n) is 8.39. The molecule has 1 atom stereocenters. The van der Waals surface area contributed by atoms with E-state index >= 15 is 0 Å². The molecule has 1 unspecified atom stereocenters. The van der Waals surface area contributed by atoms with Gasteiger partial charge in [0, 0.05) is 0 Å². The summed E-state index contributed by atoms with van der Waals surface area (Å²) in [5, 5.41) is 10.9. The molecule has 0 saturated carbocycles. The number of fused-ring (bicyclic) bond motifs is 1. The van der Waals surface area contributed by atoms with E-state index in [2.05, 4.69) is 15.6 Å². The number of para-hydroxylation sites is 1. The first-order chi connectivity index (χ1) is 13.1. The number of amides is 1. The first-order valence-corrected chi connectivity index (χ1v) is 8.39. The number of ether oxygens (including phenoxy) is 2. The summed E-state index contributed by atoms with van der Waals surface area (Å²) >= 11 is 0. The SMILES string of the molecule is COC(=O)CC(NC(=O)Cn1nnc2ccccc21)c1ccc(OC)cc1. The molecule has 0 bridgehead atoms. The van der Waals surface area contributed by atoms with Crippen molar-refractivity contribution in [3.63, 3.8) is 0 Å². The smallest absolute Gasteiger partial charge is 0.307 e. The number of methoxy groups -OCH3 is 2. The average Bonchev–Trinajstić information content (AvgIpc) is 3.10. The molecule has 0 aliphatic heterocycles. The summed E-state index contributed by atoms with van der Waals surface area (Å²) in [5.41, 5.74) is 2.26. The van der Waals surface area contributed by atoms with Crippen molar-refractivity contribution in [1.82, 2.24) is 20.3 Å². The van der Waals surface area contributed by atoms with Crippen LogP contribution in [0, 0.1) is 0 Å². The summed E-state index contributed by atoms with van der Waals surface area (Å²) in [6.45, 7) is -0.00561. The third-order valence-electron chi connectivity index (χ3n) is 4.17. The number of hydrogen-bond donors (Lipinski definition) is 1. The molecule has 1 heterocycles. The Kier molecular flexibility index (Phi) is 5.65.